The molecule has 2 N–H and O–H groups in total. The van der Waals surface area contributed by atoms with Gasteiger partial charge in [0.25, 0.3) is 5.91 Å². The van der Waals surface area contributed by atoms with Crippen molar-refractivity contribution in [2.45, 2.75) is 18.4 Å². The fourth-order valence-electron chi connectivity index (χ4n) is 2.85. The maximum Gasteiger partial charge on any atom is 0.345 e. The van der Waals surface area contributed by atoms with Gasteiger partial charge < -0.3 is 15.2 Å². The third-order valence-electron chi connectivity index (χ3n) is 4.12. The van der Waals surface area contributed by atoms with Crippen molar-refractivity contribution < 1.29 is 23.8 Å². The fourth-order valence-corrected chi connectivity index (χ4v) is 3.59. The summed E-state index contributed by atoms with van der Waals surface area (Å²) >= 11 is 0.918. The standard InChI is InChI=1S/C17H16FNO4S/c18-12-3-1-2-11(10-12)17(6-8-23-9-7-17)19-15(20)13-4-5-14(24-13)16(21)22/h1-5,10H,6-9H2,(H,19,20)(H,21,22). The summed E-state index contributed by atoms with van der Waals surface area (Å²) in [6.07, 6.45) is 1.05. The first-order valence-corrected chi connectivity index (χ1v) is 8.31. The van der Waals surface area contributed by atoms with Crippen molar-refractivity contribution in [2.75, 3.05) is 13.2 Å². The van der Waals surface area contributed by atoms with Crippen LogP contribution in [-0.2, 0) is 10.3 Å². The highest BCUT2D eigenvalue weighted by molar-refractivity contribution is 7.15. The molecule has 5 nitrogen and oxygen atoms in total. The third-order valence-corrected chi connectivity index (χ3v) is 5.19. The first kappa shape index (κ1) is 16.6. The van der Waals surface area contributed by atoms with E-state index in [2.05, 4.69) is 5.32 Å². The Hall–Kier alpha value is -2.25. The number of ether oxygens (including phenoxy) is 1. The molecule has 1 aliphatic rings. The molecule has 1 aromatic heterocycles. The van der Waals surface area contributed by atoms with E-state index < -0.39 is 11.5 Å². The Morgan fingerprint density at radius 1 is 1.17 bits per heavy atom. The highest BCUT2D eigenvalue weighted by Gasteiger charge is 2.36. The van der Waals surface area contributed by atoms with E-state index in [0.717, 1.165) is 11.3 Å². The van der Waals surface area contributed by atoms with E-state index in [9.17, 15) is 14.0 Å². The van der Waals surface area contributed by atoms with E-state index in [1.807, 2.05) is 0 Å². The molecule has 1 amide bonds. The second-order valence-corrected chi connectivity index (χ2v) is 6.71. The molecule has 0 spiro atoms. The number of halogens is 1. The number of hydrogen-bond acceptors (Lipinski definition) is 4. The first-order chi connectivity index (χ1) is 11.5. The molecular weight excluding hydrogens is 333 g/mol. The summed E-state index contributed by atoms with van der Waals surface area (Å²) in [6, 6.07) is 9.07. The van der Waals surface area contributed by atoms with Crippen molar-refractivity contribution in [1.29, 1.82) is 0 Å². The van der Waals surface area contributed by atoms with Gasteiger partial charge in [0.15, 0.2) is 0 Å². The van der Waals surface area contributed by atoms with Gasteiger partial charge in [0.05, 0.1) is 10.4 Å². The minimum absolute atomic E-state index is 0.104. The Bertz CT molecular complexity index is 767. The summed E-state index contributed by atoms with van der Waals surface area (Å²) in [5.41, 5.74) is -0.0284. The van der Waals surface area contributed by atoms with Gasteiger partial charge in [-0.05, 0) is 42.7 Å². The zero-order chi connectivity index (χ0) is 17.2. The van der Waals surface area contributed by atoms with Gasteiger partial charge in [-0.15, -0.1) is 11.3 Å². The summed E-state index contributed by atoms with van der Waals surface area (Å²) in [5, 5.41) is 12.0. The summed E-state index contributed by atoms with van der Waals surface area (Å²) in [7, 11) is 0. The zero-order valence-electron chi connectivity index (χ0n) is 12.8. The number of carboxylic acids is 1. The topological polar surface area (TPSA) is 75.6 Å². The lowest BCUT2D eigenvalue weighted by molar-refractivity contribution is 0.0345. The molecule has 0 saturated carbocycles. The minimum Gasteiger partial charge on any atom is -0.477 e. The predicted octanol–water partition coefficient (Wildman–Crippen LogP) is 3.02. The van der Waals surface area contributed by atoms with Gasteiger partial charge in [0.2, 0.25) is 0 Å². The molecule has 1 saturated heterocycles. The highest BCUT2D eigenvalue weighted by atomic mass is 32.1. The first-order valence-electron chi connectivity index (χ1n) is 7.50. The van der Waals surface area contributed by atoms with Gasteiger partial charge in [-0.1, -0.05) is 12.1 Å². The van der Waals surface area contributed by atoms with Crippen molar-refractivity contribution in [1.82, 2.24) is 5.32 Å². The Labute approximate surface area is 142 Å². The van der Waals surface area contributed by atoms with E-state index in [1.54, 1.807) is 12.1 Å². The molecule has 24 heavy (non-hydrogen) atoms. The van der Waals surface area contributed by atoms with Crippen molar-refractivity contribution in [3.8, 4) is 0 Å². The van der Waals surface area contributed by atoms with E-state index >= 15 is 0 Å². The van der Waals surface area contributed by atoms with Crippen LogP contribution in [-0.4, -0.2) is 30.2 Å². The predicted molar refractivity (Wildman–Crippen MR) is 86.9 cm³/mol. The molecule has 3 rings (SSSR count). The molecule has 0 unspecified atom stereocenters. The van der Waals surface area contributed by atoms with E-state index in [0.29, 0.717) is 36.5 Å². The number of carbonyl (C=O) groups is 2. The number of aromatic carboxylic acids is 1. The van der Waals surface area contributed by atoms with Gasteiger partial charge in [0, 0.05) is 13.2 Å². The lowest BCUT2D eigenvalue weighted by Crippen LogP contribution is -2.49. The number of thiophene rings is 1. The van der Waals surface area contributed by atoms with Crippen LogP contribution in [0.4, 0.5) is 4.39 Å². The van der Waals surface area contributed by atoms with Gasteiger partial charge in [-0.25, -0.2) is 9.18 Å². The summed E-state index contributed by atoms with van der Waals surface area (Å²) in [5.74, 6) is -1.79. The Morgan fingerprint density at radius 3 is 2.50 bits per heavy atom. The fraction of sp³-hybridized carbons (Fsp3) is 0.294. The molecule has 7 heteroatoms. The summed E-state index contributed by atoms with van der Waals surface area (Å²) in [4.78, 5) is 24.0. The molecule has 126 valence electrons. The Morgan fingerprint density at radius 2 is 1.88 bits per heavy atom. The zero-order valence-corrected chi connectivity index (χ0v) is 13.6. The Kier molecular flexibility index (Phi) is 4.64. The van der Waals surface area contributed by atoms with E-state index in [1.165, 1.54) is 24.3 Å². The monoisotopic (exact) mass is 349 g/mol. The van der Waals surface area contributed by atoms with Gasteiger partial charge in [-0.3, -0.25) is 4.79 Å². The van der Waals surface area contributed by atoms with Crippen LogP contribution in [0.1, 0.15) is 37.7 Å². The minimum atomic E-state index is -1.06. The smallest absolute Gasteiger partial charge is 0.345 e. The molecule has 1 fully saturated rings. The second kappa shape index (κ2) is 6.70. The normalized spacial score (nSPS) is 16.5. The van der Waals surface area contributed by atoms with Crippen molar-refractivity contribution in [3.05, 3.63) is 57.5 Å². The highest BCUT2D eigenvalue weighted by Crippen LogP contribution is 2.33. The molecular formula is C17H16FNO4S. The van der Waals surface area contributed by atoms with Crippen LogP contribution >= 0.6 is 11.3 Å². The van der Waals surface area contributed by atoms with Crippen LogP contribution < -0.4 is 5.32 Å². The SMILES string of the molecule is O=C(O)c1ccc(C(=O)NC2(c3cccc(F)c3)CCOCC2)s1. The number of nitrogens with one attached hydrogen (secondary N) is 1. The molecule has 1 aromatic carbocycles. The average Bonchev–Trinajstić information content (AvgIpc) is 3.06. The lowest BCUT2D eigenvalue weighted by atomic mass is 9.82. The number of hydrogen-bond donors (Lipinski definition) is 2. The number of benzene rings is 1. The van der Waals surface area contributed by atoms with Crippen LogP contribution in [0.2, 0.25) is 0 Å². The molecule has 2 heterocycles. The number of carboxylic acid groups (broad SMARTS) is 1. The molecule has 0 atom stereocenters. The summed E-state index contributed by atoms with van der Waals surface area (Å²) in [6.45, 7) is 0.920. The number of rotatable bonds is 4. The number of amides is 1. The van der Waals surface area contributed by atoms with Gasteiger partial charge in [0.1, 0.15) is 10.7 Å². The van der Waals surface area contributed by atoms with Crippen LogP contribution in [0.5, 0.6) is 0 Å². The average molecular weight is 349 g/mol. The van der Waals surface area contributed by atoms with Crippen molar-refractivity contribution in [3.63, 3.8) is 0 Å². The lowest BCUT2D eigenvalue weighted by Gasteiger charge is -2.38. The second-order valence-electron chi connectivity index (χ2n) is 5.63. The maximum atomic E-state index is 13.6. The number of carbonyl (C=O) groups excluding carboxylic acids is 1. The molecule has 1 aliphatic heterocycles. The van der Waals surface area contributed by atoms with E-state index in [-0.39, 0.29) is 16.6 Å². The molecule has 0 aliphatic carbocycles. The van der Waals surface area contributed by atoms with Crippen LogP contribution in [0.3, 0.4) is 0 Å². The Balaban J connectivity index is 1.89. The van der Waals surface area contributed by atoms with Gasteiger partial charge >= 0.3 is 5.97 Å². The maximum absolute atomic E-state index is 13.6. The van der Waals surface area contributed by atoms with Gasteiger partial charge in [-0.2, -0.15) is 0 Å². The largest absolute Gasteiger partial charge is 0.477 e. The van der Waals surface area contributed by atoms with E-state index in [4.69, 9.17) is 9.84 Å². The van der Waals surface area contributed by atoms with Crippen molar-refractivity contribution in [2.24, 2.45) is 0 Å². The summed E-state index contributed by atoms with van der Waals surface area (Å²) < 4.78 is 19.0. The molecule has 0 radical (unpaired) electrons. The third kappa shape index (κ3) is 3.32. The van der Waals surface area contributed by atoms with Crippen molar-refractivity contribution >= 4 is 23.2 Å². The molecule has 0 bridgehead atoms. The quantitative estimate of drug-likeness (QED) is 0.890. The molecule has 2 aromatic rings. The van der Waals surface area contributed by atoms with Crippen LogP contribution in [0.15, 0.2) is 36.4 Å². The van der Waals surface area contributed by atoms with Crippen LogP contribution in [0.25, 0.3) is 0 Å². The van der Waals surface area contributed by atoms with Crippen LogP contribution in [0, 0.1) is 5.82 Å².